The molecule has 0 bridgehead atoms. The molecule has 3 aromatic carbocycles. The van der Waals surface area contributed by atoms with Crippen molar-refractivity contribution < 1.29 is 14.3 Å². The van der Waals surface area contributed by atoms with Gasteiger partial charge in [0, 0.05) is 5.56 Å². The van der Waals surface area contributed by atoms with Crippen LogP contribution in [0.4, 0.5) is 0 Å². The number of rotatable bonds is 7. The van der Waals surface area contributed by atoms with Crippen LogP contribution in [0.3, 0.4) is 0 Å². The molecule has 3 aromatic rings. The van der Waals surface area contributed by atoms with Crippen LogP contribution >= 0.6 is 0 Å². The second kappa shape index (κ2) is 9.91. The molecule has 0 spiro atoms. The third-order valence-corrected chi connectivity index (χ3v) is 4.18. The first kappa shape index (κ1) is 19.9. The van der Waals surface area contributed by atoms with Crippen LogP contribution < -0.4 is 9.47 Å². The molecule has 0 fully saturated rings. The molecule has 29 heavy (non-hydrogen) atoms. The lowest BCUT2D eigenvalue weighted by molar-refractivity contribution is -0.129. The predicted octanol–water partition coefficient (Wildman–Crippen LogP) is 5.65. The number of nitriles is 1. The van der Waals surface area contributed by atoms with Gasteiger partial charge in [-0.1, -0.05) is 67.6 Å². The van der Waals surface area contributed by atoms with E-state index in [0.29, 0.717) is 12.4 Å². The van der Waals surface area contributed by atoms with Crippen molar-refractivity contribution in [1.29, 1.82) is 5.26 Å². The molecule has 0 saturated carbocycles. The molecule has 0 amide bonds. The fraction of sp³-hybridized carbons (Fsp3) is 0.120. The molecule has 4 heteroatoms. The van der Waals surface area contributed by atoms with Crippen LogP contribution in [0.25, 0.3) is 17.2 Å². The van der Waals surface area contributed by atoms with Crippen molar-refractivity contribution in [1.82, 2.24) is 0 Å². The SMILES string of the molecule is CCCOc1ccc(/C=C(\C#N)C(=O)Oc2ccccc2-c2ccccc2)cc1. The molecule has 0 heterocycles. The maximum Gasteiger partial charge on any atom is 0.354 e. The van der Waals surface area contributed by atoms with Gasteiger partial charge in [-0.2, -0.15) is 5.26 Å². The highest BCUT2D eigenvalue weighted by Gasteiger charge is 2.15. The lowest BCUT2D eigenvalue weighted by atomic mass is 10.0. The number of hydrogen-bond donors (Lipinski definition) is 0. The third-order valence-electron chi connectivity index (χ3n) is 4.18. The van der Waals surface area contributed by atoms with E-state index in [9.17, 15) is 10.1 Å². The molecule has 0 aliphatic rings. The van der Waals surface area contributed by atoms with Crippen molar-refractivity contribution in [2.45, 2.75) is 13.3 Å². The zero-order valence-corrected chi connectivity index (χ0v) is 16.2. The van der Waals surface area contributed by atoms with Crippen LogP contribution in [0.1, 0.15) is 18.9 Å². The monoisotopic (exact) mass is 383 g/mol. The fourth-order valence-electron chi connectivity index (χ4n) is 2.75. The van der Waals surface area contributed by atoms with Gasteiger partial charge in [0.15, 0.2) is 0 Å². The summed E-state index contributed by atoms with van der Waals surface area (Å²) in [4.78, 5) is 12.6. The summed E-state index contributed by atoms with van der Waals surface area (Å²) in [5, 5.41) is 9.45. The van der Waals surface area contributed by atoms with Gasteiger partial charge < -0.3 is 9.47 Å². The fourth-order valence-corrected chi connectivity index (χ4v) is 2.75. The van der Waals surface area contributed by atoms with Crippen molar-refractivity contribution in [2.24, 2.45) is 0 Å². The second-order valence-corrected chi connectivity index (χ2v) is 6.34. The van der Waals surface area contributed by atoms with Gasteiger partial charge in [0.2, 0.25) is 0 Å². The van der Waals surface area contributed by atoms with E-state index in [0.717, 1.165) is 28.9 Å². The standard InChI is InChI=1S/C25H21NO3/c1-2-16-28-22-14-12-19(13-15-22)17-21(18-26)25(27)29-24-11-7-6-10-23(24)20-8-4-3-5-9-20/h3-15,17H,2,16H2,1H3/b21-17+. The van der Waals surface area contributed by atoms with Gasteiger partial charge in [-0.25, -0.2) is 4.79 Å². The van der Waals surface area contributed by atoms with Crippen LogP contribution in [0.2, 0.25) is 0 Å². The maximum atomic E-state index is 12.6. The van der Waals surface area contributed by atoms with Crippen LogP contribution in [0.5, 0.6) is 11.5 Å². The Morgan fingerprint density at radius 1 is 0.966 bits per heavy atom. The van der Waals surface area contributed by atoms with Crippen LogP contribution in [-0.2, 0) is 4.79 Å². The highest BCUT2D eigenvalue weighted by Crippen LogP contribution is 2.30. The van der Waals surface area contributed by atoms with Crippen molar-refractivity contribution >= 4 is 12.0 Å². The third kappa shape index (κ3) is 5.33. The first-order valence-corrected chi connectivity index (χ1v) is 9.42. The van der Waals surface area contributed by atoms with Gasteiger partial charge in [0.25, 0.3) is 0 Å². The average Bonchev–Trinajstić information content (AvgIpc) is 2.77. The molecule has 144 valence electrons. The molecule has 0 unspecified atom stereocenters. The highest BCUT2D eigenvalue weighted by molar-refractivity contribution is 5.99. The number of carbonyl (C=O) groups excluding carboxylic acids is 1. The molecular formula is C25H21NO3. The van der Waals surface area contributed by atoms with E-state index in [1.165, 1.54) is 6.08 Å². The summed E-state index contributed by atoms with van der Waals surface area (Å²) < 4.78 is 11.1. The Morgan fingerprint density at radius 3 is 2.34 bits per heavy atom. The Morgan fingerprint density at radius 2 is 1.66 bits per heavy atom. The number of benzene rings is 3. The van der Waals surface area contributed by atoms with Crippen molar-refractivity contribution in [2.75, 3.05) is 6.61 Å². The van der Waals surface area contributed by atoms with Crippen molar-refractivity contribution in [3.05, 3.63) is 90.0 Å². The lowest BCUT2D eigenvalue weighted by Gasteiger charge is -2.10. The number of hydrogen-bond acceptors (Lipinski definition) is 4. The van der Waals surface area contributed by atoms with E-state index in [1.807, 2.05) is 67.6 Å². The topological polar surface area (TPSA) is 59.3 Å². The number of nitrogens with zero attached hydrogens (tertiary/aromatic N) is 1. The quantitative estimate of drug-likeness (QED) is 0.229. The second-order valence-electron chi connectivity index (χ2n) is 6.34. The van der Waals surface area contributed by atoms with Gasteiger partial charge in [-0.3, -0.25) is 0 Å². The maximum absolute atomic E-state index is 12.6. The molecular weight excluding hydrogens is 362 g/mol. The Balaban J connectivity index is 1.79. The summed E-state index contributed by atoms with van der Waals surface area (Å²) in [6, 6.07) is 26.1. The van der Waals surface area contributed by atoms with Crippen molar-refractivity contribution in [3.63, 3.8) is 0 Å². The van der Waals surface area contributed by atoms with Crippen LogP contribution in [0, 0.1) is 11.3 Å². The first-order chi connectivity index (χ1) is 14.2. The molecule has 3 rings (SSSR count). The van der Waals surface area contributed by atoms with Gasteiger partial charge in [0.1, 0.15) is 23.1 Å². The summed E-state index contributed by atoms with van der Waals surface area (Å²) in [6.45, 7) is 2.68. The van der Waals surface area contributed by atoms with Crippen LogP contribution in [0.15, 0.2) is 84.4 Å². The minimum Gasteiger partial charge on any atom is -0.494 e. The van der Waals surface area contributed by atoms with E-state index < -0.39 is 5.97 Å². The predicted molar refractivity (Wildman–Crippen MR) is 113 cm³/mol. The Hall–Kier alpha value is -3.84. The summed E-state index contributed by atoms with van der Waals surface area (Å²) >= 11 is 0. The van der Waals surface area contributed by atoms with E-state index in [4.69, 9.17) is 9.47 Å². The van der Waals surface area contributed by atoms with E-state index >= 15 is 0 Å². The van der Waals surface area contributed by atoms with Gasteiger partial charge in [-0.15, -0.1) is 0 Å². The molecule has 0 radical (unpaired) electrons. The van der Waals surface area contributed by atoms with Gasteiger partial charge >= 0.3 is 5.97 Å². The number of esters is 1. The average molecular weight is 383 g/mol. The number of ether oxygens (including phenoxy) is 2. The molecule has 0 atom stereocenters. The van der Waals surface area contributed by atoms with Crippen LogP contribution in [-0.4, -0.2) is 12.6 Å². The normalized spacial score (nSPS) is 10.8. The summed E-state index contributed by atoms with van der Waals surface area (Å²) in [5.41, 5.74) is 2.37. The van der Waals surface area contributed by atoms with Crippen molar-refractivity contribution in [3.8, 4) is 28.7 Å². The largest absolute Gasteiger partial charge is 0.494 e. The molecule has 0 aliphatic heterocycles. The Labute approximate surface area is 170 Å². The number of carbonyl (C=O) groups is 1. The van der Waals surface area contributed by atoms with Gasteiger partial charge in [-0.05, 0) is 41.8 Å². The molecule has 4 nitrogen and oxygen atoms in total. The zero-order chi connectivity index (χ0) is 20.5. The minimum atomic E-state index is -0.692. The minimum absolute atomic E-state index is 0.0740. The van der Waals surface area contributed by atoms with E-state index in [2.05, 4.69) is 0 Å². The summed E-state index contributed by atoms with van der Waals surface area (Å²) in [6.07, 6.45) is 2.44. The zero-order valence-electron chi connectivity index (χ0n) is 16.2. The van der Waals surface area contributed by atoms with E-state index in [-0.39, 0.29) is 5.57 Å². The molecule has 0 aliphatic carbocycles. The Kier molecular flexibility index (Phi) is 6.80. The van der Waals surface area contributed by atoms with Gasteiger partial charge in [0.05, 0.1) is 6.61 Å². The molecule has 0 N–H and O–H groups in total. The summed E-state index contributed by atoms with van der Waals surface area (Å²) in [7, 11) is 0. The van der Waals surface area contributed by atoms with E-state index in [1.54, 1.807) is 24.3 Å². The smallest absolute Gasteiger partial charge is 0.354 e. The summed E-state index contributed by atoms with van der Waals surface area (Å²) in [5.74, 6) is 0.470. The highest BCUT2D eigenvalue weighted by atomic mass is 16.5. The Bertz CT molecular complexity index is 1030. The molecule has 0 aromatic heterocycles. The number of para-hydroxylation sites is 1. The first-order valence-electron chi connectivity index (χ1n) is 9.42. The molecule has 0 saturated heterocycles. The lowest BCUT2D eigenvalue weighted by Crippen LogP contribution is -2.10.